The van der Waals surface area contributed by atoms with Gasteiger partial charge in [0.05, 0.1) is 12.2 Å². The minimum atomic E-state index is -0.663. The molecule has 1 aliphatic heterocycles. The predicted octanol–water partition coefficient (Wildman–Crippen LogP) is 0.964. The highest BCUT2D eigenvalue weighted by Gasteiger charge is 2.29. The van der Waals surface area contributed by atoms with Crippen molar-refractivity contribution in [2.24, 2.45) is 0 Å². The molecule has 0 spiro atoms. The molecule has 1 aromatic heterocycles. The number of nitrogens with zero attached hydrogens (tertiary/aromatic N) is 2. The topological polar surface area (TPSA) is 71.5 Å². The number of amides is 2. The van der Waals surface area contributed by atoms with Crippen LogP contribution in [0.15, 0.2) is 18.3 Å². The van der Waals surface area contributed by atoms with Gasteiger partial charge < -0.3 is 15.0 Å². The van der Waals surface area contributed by atoms with Crippen LogP contribution in [-0.4, -0.2) is 47.0 Å². The van der Waals surface area contributed by atoms with E-state index in [4.69, 9.17) is 4.74 Å². The van der Waals surface area contributed by atoms with Crippen LogP contribution in [0, 0.1) is 6.92 Å². The van der Waals surface area contributed by atoms with E-state index in [1.165, 1.54) is 4.90 Å². The molecule has 1 fully saturated rings. The normalized spacial score (nSPS) is 22.4. The number of carbonyl (C=O) groups excluding carboxylic acids is 2. The van der Waals surface area contributed by atoms with Gasteiger partial charge in [0.1, 0.15) is 5.82 Å². The van der Waals surface area contributed by atoms with Crippen LogP contribution in [0.1, 0.15) is 19.4 Å². The molecule has 2 heterocycles. The van der Waals surface area contributed by atoms with E-state index in [-0.39, 0.29) is 12.2 Å². The summed E-state index contributed by atoms with van der Waals surface area (Å²) in [5.41, 5.74) is 0.969. The molecule has 1 aromatic rings. The summed E-state index contributed by atoms with van der Waals surface area (Å²) in [4.78, 5) is 29.6. The summed E-state index contributed by atoms with van der Waals surface area (Å²) < 4.78 is 5.54. The first-order chi connectivity index (χ1) is 9.45. The van der Waals surface area contributed by atoms with Crippen LogP contribution in [-0.2, 0) is 14.3 Å². The van der Waals surface area contributed by atoms with Crippen molar-refractivity contribution in [3.63, 3.8) is 0 Å². The first-order valence-electron chi connectivity index (χ1n) is 6.64. The Hall–Kier alpha value is -1.95. The molecular formula is C14H19N3O3. The molecule has 2 atom stereocenters. The fourth-order valence-corrected chi connectivity index (χ4v) is 2.26. The van der Waals surface area contributed by atoms with Gasteiger partial charge in [-0.25, -0.2) is 4.98 Å². The zero-order valence-corrected chi connectivity index (χ0v) is 11.9. The Morgan fingerprint density at radius 3 is 2.60 bits per heavy atom. The maximum atomic E-state index is 12.1. The molecule has 6 heteroatoms. The number of hydrogen-bond acceptors (Lipinski definition) is 4. The van der Waals surface area contributed by atoms with Gasteiger partial charge in [-0.15, -0.1) is 0 Å². The number of anilines is 1. The van der Waals surface area contributed by atoms with Crippen molar-refractivity contribution in [2.45, 2.75) is 33.0 Å². The van der Waals surface area contributed by atoms with E-state index in [0.29, 0.717) is 18.9 Å². The second-order valence-corrected chi connectivity index (χ2v) is 5.14. The number of nitrogens with one attached hydrogen (secondary N) is 1. The number of rotatable bonds is 1. The maximum absolute atomic E-state index is 12.1. The lowest BCUT2D eigenvalue weighted by Crippen LogP contribution is -2.51. The molecule has 2 rings (SSSR count). The second-order valence-electron chi connectivity index (χ2n) is 5.14. The van der Waals surface area contributed by atoms with E-state index in [1.54, 1.807) is 12.3 Å². The Labute approximate surface area is 118 Å². The van der Waals surface area contributed by atoms with Gasteiger partial charge in [-0.05, 0) is 38.5 Å². The average Bonchev–Trinajstić information content (AvgIpc) is 2.36. The summed E-state index contributed by atoms with van der Waals surface area (Å²) in [7, 11) is 0. The Morgan fingerprint density at radius 1 is 1.35 bits per heavy atom. The summed E-state index contributed by atoms with van der Waals surface area (Å²) in [5.74, 6) is -0.822. The summed E-state index contributed by atoms with van der Waals surface area (Å²) in [6.07, 6.45) is 1.47. The van der Waals surface area contributed by atoms with Crippen LogP contribution in [0.5, 0.6) is 0 Å². The number of pyridine rings is 1. The molecular weight excluding hydrogens is 258 g/mol. The van der Waals surface area contributed by atoms with Crippen LogP contribution < -0.4 is 5.32 Å². The van der Waals surface area contributed by atoms with Gasteiger partial charge in [0, 0.05) is 19.3 Å². The molecule has 2 unspecified atom stereocenters. The number of hydrogen-bond donors (Lipinski definition) is 1. The second kappa shape index (κ2) is 6.00. The van der Waals surface area contributed by atoms with Gasteiger partial charge in [-0.2, -0.15) is 0 Å². The van der Waals surface area contributed by atoms with Crippen molar-refractivity contribution >= 4 is 17.6 Å². The molecule has 2 amide bonds. The van der Waals surface area contributed by atoms with Gasteiger partial charge in [-0.3, -0.25) is 9.59 Å². The fraction of sp³-hybridized carbons (Fsp3) is 0.500. The van der Waals surface area contributed by atoms with Gasteiger partial charge in [0.15, 0.2) is 0 Å². The molecule has 0 radical (unpaired) electrons. The first-order valence-corrected chi connectivity index (χ1v) is 6.64. The Kier molecular flexibility index (Phi) is 4.34. The number of morpholine rings is 1. The summed E-state index contributed by atoms with van der Waals surface area (Å²) in [6.45, 7) is 6.52. The highest BCUT2D eigenvalue weighted by atomic mass is 16.5. The van der Waals surface area contributed by atoms with E-state index in [9.17, 15) is 9.59 Å². The Morgan fingerprint density at radius 2 is 2.00 bits per heavy atom. The van der Waals surface area contributed by atoms with Crippen molar-refractivity contribution in [1.29, 1.82) is 0 Å². The van der Waals surface area contributed by atoms with E-state index in [2.05, 4.69) is 10.3 Å². The molecule has 6 nitrogen and oxygen atoms in total. The quantitative estimate of drug-likeness (QED) is 0.776. The van der Waals surface area contributed by atoms with Crippen molar-refractivity contribution in [3.05, 3.63) is 23.9 Å². The number of aryl methyl sites for hydroxylation is 1. The van der Waals surface area contributed by atoms with E-state index < -0.39 is 11.8 Å². The van der Waals surface area contributed by atoms with Gasteiger partial charge in [0.25, 0.3) is 0 Å². The van der Waals surface area contributed by atoms with Crippen LogP contribution in [0.25, 0.3) is 0 Å². The molecule has 1 aliphatic rings. The zero-order valence-electron chi connectivity index (χ0n) is 11.9. The van der Waals surface area contributed by atoms with Crippen LogP contribution >= 0.6 is 0 Å². The van der Waals surface area contributed by atoms with Gasteiger partial charge >= 0.3 is 11.8 Å². The Bertz CT molecular complexity index is 508. The number of aromatic nitrogens is 1. The van der Waals surface area contributed by atoms with Crippen LogP contribution in [0.2, 0.25) is 0 Å². The lowest BCUT2D eigenvalue weighted by molar-refractivity contribution is -0.151. The SMILES string of the molecule is Cc1ccnc(NC(=O)C(=O)N2CC(C)OC(C)C2)c1. The maximum Gasteiger partial charge on any atom is 0.315 e. The van der Waals surface area contributed by atoms with Crippen molar-refractivity contribution in [3.8, 4) is 0 Å². The zero-order chi connectivity index (χ0) is 14.7. The molecule has 0 saturated carbocycles. The third-order valence-electron chi connectivity index (χ3n) is 3.06. The predicted molar refractivity (Wildman–Crippen MR) is 74.2 cm³/mol. The highest BCUT2D eigenvalue weighted by Crippen LogP contribution is 2.12. The average molecular weight is 277 g/mol. The van der Waals surface area contributed by atoms with Gasteiger partial charge in [0.2, 0.25) is 0 Å². The molecule has 108 valence electrons. The number of carbonyl (C=O) groups is 2. The fourth-order valence-electron chi connectivity index (χ4n) is 2.26. The molecule has 0 bridgehead atoms. The molecule has 1 N–H and O–H groups in total. The van der Waals surface area contributed by atoms with E-state index in [1.807, 2.05) is 26.8 Å². The third-order valence-corrected chi connectivity index (χ3v) is 3.06. The summed E-state index contributed by atoms with van der Waals surface area (Å²) in [6, 6.07) is 3.54. The van der Waals surface area contributed by atoms with Crippen molar-refractivity contribution in [1.82, 2.24) is 9.88 Å². The lowest BCUT2D eigenvalue weighted by atomic mass is 10.2. The smallest absolute Gasteiger partial charge is 0.315 e. The largest absolute Gasteiger partial charge is 0.372 e. The molecule has 0 aliphatic carbocycles. The molecule has 20 heavy (non-hydrogen) atoms. The third kappa shape index (κ3) is 3.54. The van der Waals surface area contributed by atoms with Crippen LogP contribution in [0.4, 0.5) is 5.82 Å². The van der Waals surface area contributed by atoms with Gasteiger partial charge in [-0.1, -0.05) is 0 Å². The minimum Gasteiger partial charge on any atom is -0.372 e. The lowest BCUT2D eigenvalue weighted by Gasteiger charge is -2.34. The first kappa shape index (κ1) is 14.5. The van der Waals surface area contributed by atoms with Crippen LogP contribution in [0.3, 0.4) is 0 Å². The molecule has 1 saturated heterocycles. The van der Waals surface area contributed by atoms with Crippen molar-refractivity contribution in [2.75, 3.05) is 18.4 Å². The van der Waals surface area contributed by atoms with E-state index in [0.717, 1.165) is 5.56 Å². The standard InChI is InChI=1S/C14H19N3O3/c1-9-4-5-15-12(6-9)16-13(18)14(19)17-7-10(2)20-11(3)8-17/h4-6,10-11H,7-8H2,1-3H3,(H,15,16,18). The minimum absolute atomic E-state index is 0.0624. The highest BCUT2D eigenvalue weighted by molar-refractivity contribution is 6.39. The Balaban J connectivity index is 2.00. The monoisotopic (exact) mass is 277 g/mol. The number of ether oxygens (including phenoxy) is 1. The molecule has 0 aromatic carbocycles. The van der Waals surface area contributed by atoms with Crippen molar-refractivity contribution < 1.29 is 14.3 Å². The summed E-state index contributed by atoms with van der Waals surface area (Å²) >= 11 is 0. The summed E-state index contributed by atoms with van der Waals surface area (Å²) in [5, 5.41) is 2.53. The van der Waals surface area contributed by atoms with E-state index >= 15 is 0 Å².